The normalized spacial score (nSPS) is 13.6. The number of nitrogens with zero attached hydrogens (tertiary/aromatic N) is 4. The van der Waals surface area contributed by atoms with Crippen LogP contribution in [0.1, 0.15) is 64.9 Å². The number of halogens is 2. The van der Waals surface area contributed by atoms with Crippen LogP contribution in [0.3, 0.4) is 0 Å². The number of carbonyl (C=O) groups excluding carboxylic acids is 1. The van der Waals surface area contributed by atoms with Crippen molar-refractivity contribution in [3.8, 4) is 11.5 Å². The third-order valence-corrected chi connectivity index (χ3v) is 9.22. The summed E-state index contributed by atoms with van der Waals surface area (Å²) in [7, 11) is 3.17. The molecule has 1 aromatic heterocycles. The molecule has 0 unspecified atom stereocenters. The second kappa shape index (κ2) is 16.0. The molecule has 0 atom stereocenters. The van der Waals surface area contributed by atoms with Crippen LogP contribution in [-0.2, 0) is 11.3 Å². The molecule has 1 aliphatic carbocycles. The summed E-state index contributed by atoms with van der Waals surface area (Å²) >= 11 is 9.09. The van der Waals surface area contributed by atoms with Crippen molar-refractivity contribution in [2.24, 2.45) is 0 Å². The molecule has 0 aliphatic heterocycles. The minimum Gasteiger partial charge on any atom is -0.497 e. The lowest BCUT2D eigenvalue weighted by atomic mass is 10.2. The van der Waals surface area contributed by atoms with Gasteiger partial charge in [-0.15, -0.1) is 0 Å². The molecule has 2 aromatic carbocycles. The van der Waals surface area contributed by atoms with Gasteiger partial charge in [0.05, 0.1) is 36.4 Å². The van der Waals surface area contributed by atoms with Crippen molar-refractivity contribution >= 4 is 52.0 Å². The first-order valence-corrected chi connectivity index (χ1v) is 16.7. The van der Waals surface area contributed by atoms with Gasteiger partial charge in [-0.2, -0.15) is 4.37 Å². The molecule has 1 N–H and O–H groups in total. The SMILES string of the molecule is COc1ccc(CN(Sc2cc(Cl)c(N(CCCCNC3CCCC3)C(=O)OC(C)(C)C)cc2F)c2ncns2)c(OC)c1. The summed E-state index contributed by atoms with van der Waals surface area (Å²) in [6.45, 7) is 6.96. The second-order valence-corrected chi connectivity index (χ2v) is 13.8. The van der Waals surface area contributed by atoms with Crippen LogP contribution in [0.2, 0.25) is 5.02 Å². The summed E-state index contributed by atoms with van der Waals surface area (Å²) in [4.78, 5) is 19.3. The van der Waals surface area contributed by atoms with Crippen LogP contribution >= 0.6 is 35.1 Å². The Labute approximate surface area is 272 Å². The molecule has 4 rings (SSSR count). The molecule has 0 saturated heterocycles. The predicted octanol–water partition coefficient (Wildman–Crippen LogP) is 8.12. The minimum absolute atomic E-state index is 0.239. The molecule has 1 amide bonds. The summed E-state index contributed by atoms with van der Waals surface area (Å²) in [5, 5.41) is 4.42. The van der Waals surface area contributed by atoms with Crippen LogP contribution in [0.25, 0.3) is 0 Å². The molecule has 0 bridgehead atoms. The average Bonchev–Trinajstić information content (AvgIpc) is 3.71. The fourth-order valence-electron chi connectivity index (χ4n) is 4.93. The molecule has 0 radical (unpaired) electrons. The molecular weight excluding hydrogens is 625 g/mol. The lowest BCUT2D eigenvalue weighted by Gasteiger charge is -2.28. The van der Waals surface area contributed by atoms with Crippen molar-refractivity contribution in [3.05, 3.63) is 53.1 Å². The van der Waals surface area contributed by atoms with Crippen molar-refractivity contribution in [3.63, 3.8) is 0 Å². The van der Waals surface area contributed by atoms with Crippen molar-refractivity contribution in [1.82, 2.24) is 14.7 Å². The molecule has 1 saturated carbocycles. The minimum atomic E-state index is -0.717. The number of rotatable bonds is 14. The summed E-state index contributed by atoms with van der Waals surface area (Å²) < 4.78 is 38.3. The summed E-state index contributed by atoms with van der Waals surface area (Å²) in [5.74, 6) is 0.760. The molecule has 1 heterocycles. The molecule has 1 aliphatic rings. The van der Waals surface area contributed by atoms with Gasteiger partial charge in [-0.1, -0.05) is 24.4 Å². The van der Waals surface area contributed by atoms with Gasteiger partial charge in [-0.05, 0) is 83.1 Å². The monoisotopic (exact) mass is 665 g/mol. The number of unbranched alkanes of at least 4 members (excludes halogenated alkanes) is 1. The van der Waals surface area contributed by atoms with E-state index >= 15 is 4.39 Å². The molecule has 13 heteroatoms. The van der Waals surface area contributed by atoms with Gasteiger partial charge in [-0.3, -0.25) is 9.21 Å². The van der Waals surface area contributed by atoms with E-state index < -0.39 is 17.5 Å². The van der Waals surface area contributed by atoms with Crippen LogP contribution in [0.5, 0.6) is 11.5 Å². The van der Waals surface area contributed by atoms with Crippen LogP contribution < -0.4 is 24.0 Å². The van der Waals surface area contributed by atoms with Crippen LogP contribution in [0.15, 0.2) is 41.6 Å². The highest BCUT2D eigenvalue weighted by molar-refractivity contribution is 8.00. The van der Waals surface area contributed by atoms with E-state index in [2.05, 4.69) is 14.7 Å². The van der Waals surface area contributed by atoms with Gasteiger partial charge < -0.3 is 19.5 Å². The Balaban J connectivity index is 1.54. The number of amides is 1. The second-order valence-electron chi connectivity index (χ2n) is 11.5. The zero-order valence-electron chi connectivity index (χ0n) is 25.9. The number of hydrogen-bond acceptors (Lipinski definition) is 10. The van der Waals surface area contributed by atoms with Crippen molar-refractivity contribution < 1.29 is 23.4 Å². The standard InChI is InChI=1S/C31H41ClFN5O4S2/c1-31(2,3)42-30(39)37(15-9-8-14-34-22-10-6-7-11-22)26-18-25(33)28(17-24(26)32)44-38(29-35-20-36-43-29)19-21-12-13-23(40-4)16-27(21)41-5/h12-13,16-18,20,22,34H,6-11,14-15,19H2,1-5H3. The zero-order valence-corrected chi connectivity index (χ0v) is 28.3. The molecule has 1 fully saturated rings. The maximum atomic E-state index is 15.8. The van der Waals surface area contributed by atoms with E-state index in [0.717, 1.165) is 30.5 Å². The van der Waals surface area contributed by atoms with E-state index in [0.29, 0.717) is 42.2 Å². The number of hydrogen-bond donors (Lipinski definition) is 1. The number of carbonyl (C=O) groups is 1. The van der Waals surface area contributed by atoms with Gasteiger partial charge in [0, 0.05) is 41.8 Å². The van der Waals surface area contributed by atoms with Gasteiger partial charge >= 0.3 is 6.09 Å². The Hall–Kier alpha value is -2.80. The van der Waals surface area contributed by atoms with Crippen LogP contribution in [0.4, 0.5) is 20.0 Å². The molecule has 44 heavy (non-hydrogen) atoms. The van der Waals surface area contributed by atoms with Crippen LogP contribution in [-0.4, -0.2) is 54.4 Å². The maximum Gasteiger partial charge on any atom is 0.414 e. The molecule has 3 aromatic rings. The Morgan fingerprint density at radius 3 is 2.59 bits per heavy atom. The van der Waals surface area contributed by atoms with Gasteiger partial charge in [0.15, 0.2) is 0 Å². The Kier molecular flexibility index (Phi) is 12.4. The zero-order chi connectivity index (χ0) is 31.7. The maximum absolute atomic E-state index is 15.8. The van der Waals surface area contributed by atoms with E-state index in [9.17, 15) is 4.79 Å². The third kappa shape index (κ3) is 9.60. The topological polar surface area (TPSA) is 89.1 Å². The molecule has 9 nitrogen and oxygen atoms in total. The van der Waals surface area contributed by atoms with E-state index in [4.69, 9.17) is 25.8 Å². The fourth-order valence-corrected chi connectivity index (χ4v) is 6.79. The van der Waals surface area contributed by atoms with Gasteiger partial charge in [0.1, 0.15) is 29.2 Å². The number of methoxy groups -OCH3 is 2. The Bertz CT molecular complexity index is 1370. The fraction of sp³-hybridized carbons (Fsp3) is 0.516. The van der Waals surface area contributed by atoms with Crippen molar-refractivity contribution in [2.45, 2.75) is 82.4 Å². The smallest absolute Gasteiger partial charge is 0.414 e. The predicted molar refractivity (Wildman–Crippen MR) is 176 cm³/mol. The largest absolute Gasteiger partial charge is 0.497 e. The summed E-state index contributed by atoms with van der Waals surface area (Å²) in [6.07, 6.45) is 7.45. The Morgan fingerprint density at radius 1 is 1.16 bits per heavy atom. The van der Waals surface area contributed by atoms with E-state index in [1.54, 1.807) is 41.1 Å². The lowest BCUT2D eigenvalue weighted by molar-refractivity contribution is 0.0579. The first-order chi connectivity index (χ1) is 21.1. The number of anilines is 2. The third-order valence-electron chi connectivity index (χ3n) is 7.08. The number of aromatic nitrogens is 2. The van der Waals surface area contributed by atoms with Gasteiger partial charge in [-0.25, -0.2) is 14.2 Å². The summed E-state index contributed by atoms with van der Waals surface area (Å²) in [6, 6.07) is 8.94. The highest BCUT2D eigenvalue weighted by atomic mass is 35.5. The number of nitrogens with one attached hydrogen (secondary N) is 1. The van der Waals surface area contributed by atoms with Crippen molar-refractivity contribution in [2.75, 3.05) is 36.5 Å². The molecule has 240 valence electrons. The quantitative estimate of drug-likeness (QED) is 0.135. The van der Waals surface area contributed by atoms with Crippen molar-refractivity contribution in [1.29, 1.82) is 0 Å². The first-order valence-electron chi connectivity index (χ1n) is 14.7. The van der Waals surface area contributed by atoms with Gasteiger partial charge in [0.25, 0.3) is 0 Å². The highest BCUT2D eigenvalue weighted by Crippen LogP contribution is 2.39. The first kappa shape index (κ1) is 34.1. The van der Waals surface area contributed by atoms with E-state index in [-0.39, 0.29) is 15.6 Å². The van der Waals surface area contributed by atoms with E-state index in [1.165, 1.54) is 60.6 Å². The molecule has 0 spiro atoms. The molecular formula is C31H41ClFN5O4S2. The Morgan fingerprint density at radius 2 is 1.93 bits per heavy atom. The van der Waals surface area contributed by atoms with E-state index in [1.807, 2.05) is 16.4 Å². The van der Waals surface area contributed by atoms with Gasteiger partial charge in [0.2, 0.25) is 5.13 Å². The lowest BCUT2D eigenvalue weighted by Crippen LogP contribution is -2.38. The average molecular weight is 666 g/mol. The highest BCUT2D eigenvalue weighted by Gasteiger charge is 2.27. The number of benzene rings is 2. The summed E-state index contributed by atoms with van der Waals surface area (Å²) in [5.41, 5.74) is 0.397. The van der Waals surface area contributed by atoms with Crippen LogP contribution in [0, 0.1) is 5.82 Å². The number of ether oxygens (including phenoxy) is 3.